The number of nitrogens with one attached hydrogen (secondary N) is 2. The van der Waals surface area contributed by atoms with E-state index in [9.17, 15) is 9.59 Å². The molecule has 0 bridgehead atoms. The van der Waals surface area contributed by atoms with Gasteiger partial charge in [0, 0.05) is 6.54 Å². The van der Waals surface area contributed by atoms with Gasteiger partial charge in [-0.05, 0) is 58.7 Å². The predicted octanol–water partition coefficient (Wildman–Crippen LogP) is 1.77. The summed E-state index contributed by atoms with van der Waals surface area (Å²) in [4.78, 5) is 21.8. The van der Waals surface area contributed by atoms with Gasteiger partial charge in [-0.3, -0.25) is 9.59 Å². The fraction of sp³-hybridized carbons (Fsp3) is 0.556. The van der Waals surface area contributed by atoms with Gasteiger partial charge >= 0.3 is 0 Å². The average Bonchev–Trinajstić information content (AvgIpc) is 2.97. The zero-order chi connectivity index (χ0) is 19.1. The van der Waals surface area contributed by atoms with Gasteiger partial charge in [0.1, 0.15) is 5.60 Å². The summed E-state index contributed by atoms with van der Waals surface area (Å²) in [6, 6.07) is 5.50. The van der Waals surface area contributed by atoms with Crippen molar-refractivity contribution in [1.82, 2.24) is 5.32 Å². The molecule has 0 radical (unpaired) electrons. The second-order valence-corrected chi connectivity index (χ2v) is 7.23. The number of para-hydroxylation sites is 1. The molecule has 0 unspecified atom stereocenters. The lowest BCUT2D eigenvalue weighted by Gasteiger charge is -2.23. The van der Waals surface area contributed by atoms with Crippen LogP contribution < -0.4 is 22.1 Å². The first-order valence-corrected chi connectivity index (χ1v) is 8.38. The van der Waals surface area contributed by atoms with Crippen molar-refractivity contribution in [3.05, 3.63) is 23.8 Å². The number of nitrogen functional groups attached to an aromatic ring is 1. The van der Waals surface area contributed by atoms with Crippen LogP contribution in [0.2, 0.25) is 0 Å². The highest BCUT2D eigenvalue weighted by molar-refractivity contribution is 6.00. The molecule has 7 nitrogen and oxygen atoms in total. The van der Waals surface area contributed by atoms with Crippen LogP contribution in [0.1, 0.15) is 46.1 Å². The third kappa shape index (κ3) is 6.36. The number of anilines is 2. The Balaban J connectivity index is 0.000000381. The molecular formula is C18H30N4O3. The maximum Gasteiger partial charge on any atom is 0.293 e. The summed E-state index contributed by atoms with van der Waals surface area (Å²) >= 11 is 0. The summed E-state index contributed by atoms with van der Waals surface area (Å²) in [7, 11) is 0. The first-order chi connectivity index (χ1) is 11.6. The lowest BCUT2D eigenvalue weighted by Crippen LogP contribution is -2.48. The number of amides is 1. The van der Waals surface area contributed by atoms with Gasteiger partial charge in [-0.15, -0.1) is 0 Å². The van der Waals surface area contributed by atoms with Gasteiger partial charge in [-0.2, -0.15) is 0 Å². The van der Waals surface area contributed by atoms with Crippen LogP contribution in [0.3, 0.4) is 0 Å². The zero-order valence-electron chi connectivity index (χ0n) is 15.5. The minimum atomic E-state index is -0.495. The van der Waals surface area contributed by atoms with Crippen LogP contribution in [-0.2, 0) is 20.9 Å². The summed E-state index contributed by atoms with van der Waals surface area (Å²) in [6.45, 7) is 9.08. The molecule has 1 fully saturated rings. The van der Waals surface area contributed by atoms with Crippen molar-refractivity contribution < 1.29 is 14.3 Å². The van der Waals surface area contributed by atoms with E-state index in [1.807, 2.05) is 39.8 Å². The van der Waals surface area contributed by atoms with Crippen molar-refractivity contribution in [2.75, 3.05) is 17.6 Å². The minimum absolute atomic E-state index is 0.0409. The van der Waals surface area contributed by atoms with Crippen molar-refractivity contribution in [3.8, 4) is 0 Å². The molecule has 0 aromatic heterocycles. The lowest BCUT2D eigenvalue weighted by atomic mass is 9.99. The monoisotopic (exact) mass is 350 g/mol. The predicted molar refractivity (Wildman–Crippen MR) is 99.9 cm³/mol. The highest BCUT2D eigenvalue weighted by Crippen LogP contribution is 2.25. The highest BCUT2D eigenvalue weighted by Gasteiger charge is 2.36. The molecule has 1 heterocycles. The Hall–Kier alpha value is -2.12. The molecule has 1 aliphatic rings. The van der Waals surface area contributed by atoms with E-state index in [1.54, 1.807) is 6.07 Å². The number of benzene rings is 1. The smallest absolute Gasteiger partial charge is 0.293 e. The van der Waals surface area contributed by atoms with Gasteiger partial charge in [0.2, 0.25) is 5.91 Å². The van der Waals surface area contributed by atoms with Gasteiger partial charge < -0.3 is 26.8 Å². The molecule has 1 aromatic carbocycles. The number of ether oxygens (including phenoxy) is 1. The summed E-state index contributed by atoms with van der Waals surface area (Å²) in [5.41, 5.74) is 12.8. The van der Waals surface area contributed by atoms with E-state index in [0.717, 1.165) is 24.9 Å². The molecule has 6 N–H and O–H groups in total. The van der Waals surface area contributed by atoms with Crippen LogP contribution in [0, 0.1) is 0 Å². The van der Waals surface area contributed by atoms with Crippen molar-refractivity contribution in [1.29, 1.82) is 0 Å². The highest BCUT2D eigenvalue weighted by atomic mass is 16.5. The molecule has 1 saturated heterocycles. The molecule has 0 saturated carbocycles. The summed E-state index contributed by atoms with van der Waals surface area (Å²) in [5, 5.41) is 6.11. The summed E-state index contributed by atoms with van der Waals surface area (Å²) in [6.07, 6.45) is 1.86. The zero-order valence-corrected chi connectivity index (χ0v) is 15.5. The molecule has 2 rings (SSSR count). The number of carbonyl (C=O) groups is 2. The molecule has 1 atom stereocenters. The van der Waals surface area contributed by atoms with Crippen LogP contribution in [0.4, 0.5) is 11.4 Å². The topological polar surface area (TPSA) is 119 Å². The Morgan fingerprint density at radius 3 is 2.56 bits per heavy atom. The molecule has 7 heteroatoms. The number of hydrogen-bond donors (Lipinski definition) is 4. The molecule has 0 aliphatic carbocycles. The van der Waals surface area contributed by atoms with Crippen LogP contribution in [0.25, 0.3) is 0 Å². The molecule has 1 amide bonds. The number of rotatable bonds is 4. The molecule has 1 aromatic rings. The Kier molecular flexibility index (Phi) is 7.38. The van der Waals surface area contributed by atoms with E-state index < -0.39 is 5.54 Å². The van der Waals surface area contributed by atoms with Crippen molar-refractivity contribution >= 4 is 23.8 Å². The standard InChI is InChI=1S/C13H20N4O.C5H10O2/c1-13(6-3-7-16-13)12(18)17-10-5-2-4-9(8-14)11(10)15;1-5(2,3)7-4-6/h2,4-5,16H,3,6-8,14-15H2,1H3,(H,17,18);4H,1-3H3/t13-;/m0./s1. The van der Waals surface area contributed by atoms with Crippen molar-refractivity contribution in [3.63, 3.8) is 0 Å². The molecule has 140 valence electrons. The second-order valence-electron chi connectivity index (χ2n) is 7.23. The maximum atomic E-state index is 12.2. The Morgan fingerprint density at radius 2 is 2.12 bits per heavy atom. The summed E-state index contributed by atoms with van der Waals surface area (Å²) < 4.78 is 4.55. The quantitative estimate of drug-likeness (QED) is 0.485. The number of nitrogens with two attached hydrogens (primary N) is 2. The third-order valence-corrected chi connectivity index (χ3v) is 3.94. The number of hydrogen-bond acceptors (Lipinski definition) is 6. The Morgan fingerprint density at radius 1 is 1.44 bits per heavy atom. The first-order valence-electron chi connectivity index (χ1n) is 8.38. The van der Waals surface area contributed by atoms with Gasteiger partial charge in [0.25, 0.3) is 6.47 Å². The van der Waals surface area contributed by atoms with E-state index in [-0.39, 0.29) is 11.5 Å². The lowest BCUT2D eigenvalue weighted by molar-refractivity contribution is -0.138. The Bertz CT molecular complexity index is 590. The first kappa shape index (κ1) is 20.9. The molecule has 0 spiro atoms. The fourth-order valence-electron chi connectivity index (χ4n) is 2.39. The van der Waals surface area contributed by atoms with Gasteiger partial charge in [-0.1, -0.05) is 12.1 Å². The minimum Gasteiger partial charge on any atom is -0.462 e. The van der Waals surface area contributed by atoms with Crippen LogP contribution in [0.5, 0.6) is 0 Å². The van der Waals surface area contributed by atoms with Gasteiger partial charge in [0.05, 0.1) is 16.9 Å². The maximum absolute atomic E-state index is 12.2. The van der Waals surface area contributed by atoms with Crippen LogP contribution in [0.15, 0.2) is 18.2 Å². The van der Waals surface area contributed by atoms with Gasteiger partial charge in [-0.25, -0.2) is 0 Å². The second kappa shape index (κ2) is 8.82. The largest absolute Gasteiger partial charge is 0.462 e. The van der Waals surface area contributed by atoms with E-state index in [4.69, 9.17) is 11.5 Å². The average molecular weight is 350 g/mol. The third-order valence-electron chi connectivity index (χ3n) is 3.94. The van der Waals surface area contributed by atoms with Crippen molar-refractivity contribution in [2.45, 2.75) is 58.2 Å². The van der Waals surface area contributed by atoms with E-state index in [0.29, 0.717) is 24.4 Å². The fourth-order valence-corrected chi connectivity index (χ4v) is 2.39. The molecule has 25 heavy (non-hydrogen) atoms. The summed E-state index contributed by atoms with van der Waals surface area (Å²) in [5.74, 6) is -0.0409. The van der Waals surface area contributed by atoms with Crippen LogP contribution in [-0.4, -0.2) is 30.1 Å². The number of carbonyl (C=O) groups excluding carboxylic acids is 2. The SMILES string of the molecule is CC(C)(C)OC=O.C[C@@]1(C(=O)Nc2cccc(CN)c2N)CCCN1. The molecular weight excluding hydrogens is 320 g/mol. The Labute approximate surface area is 149 Å². The molecule has 1 aliphatic heterocycles. The van der Waals surface area contributed by atoms with Crippen molar-refractivity contribution in [2.24, 2.45) is 5.73 Å². The normalized spacial score (nSPS) is 19.6. The van der Waals surface area contributed by atoms with Crippen LogP contribution >= 0.6 is 0 Å². The van der Waals surface area contributed by atoms with E-state index in [1.165, 1.54) is 0 Å². The van der Waals surface area contributed by atoms with Gasteiger partial charge in [0.15, 0.2) is 0 Å². The van der Waals surface area contributed by atoms with E-state index >= 15 is 0 Å². The van der Waals surface area contributed by atoms with E-state index in [2.05, 4.69) is 15.4 Å².